The van der Waals surface area contributed by atoms with Gasteiger partial charge in [0.05, 0.1) is 5.41 Å². The predicted octanol–water partition coefficient (Wildman–Crippen LogP) is 4.18. The van der Waals surface area contributed by atoms with Crippen molar-refractivity contribution in [2.24, 2.45) is 11.3 Å². The molecular formula is C14H28O2. The molecule has 2 unspecified atom stereocenters. The van der Waals surface area contributed by atoms with Crippen LogP contribution in [0.3, 0.4) is 0 Å². The minimum Gasteiger partial charge on any atom is -0.462 e. The molecule has 0 saturated carbocycles. The van der Waals surface area contributed by atoms with Crippen molar-refractivity contribution in [1.29, 1.82) is 0 Å². The molecule has 16 heavy (non-hydrogen) atoms. The first-order valence-corrected chi connectivity index (χ1v) is 6.61. The number of carbonyl (C=O) groups excluding carboxylic acids is 1. The summed E-state index contributed by atoms with van der Waals surface area (Å²) in [5.74, 6) is 0.321. The second kappa shape index (κ2) is 6.93. The summed E-state index contributed by atoms with van der Waals surface area (Å²) in [7, 11) is 0. The predicted molar refractivity (Wildman–Crippen MR) is 68.3 cm³/mol. The summed E-state index contributed by atoms with van der Waals surface area (Å²) in [6.07, 6.45) is 4.05. The van der Waals surface area contributed by atoms with Crippen LogP contribution in [0.5, 0.6) is 0 Å². The lowest BCUT2D eigenvalue weighted by atomic mass is 9.78. The smallest absolute Gasteiger partial charge is 0.312 e. The summed E-state index contributed by atoms with van der Waals surface area (Å²) in [4.78, 5) is 12.1. The van der Waals surface area contributed by atoms with Crippen LogP contribution in [0.1, 0.15) is 67.2 Å². The molecule has 0 aliphatic heterocycles. The van der Waals surface area contributed by atoms with Crippen LogP contribution in [0.15, 0.2) is 0 Å². The van der Waals surface area contributed by atoms with E-state index in [1.807, 2.05) is 13.8 Å². The van der Waals surface area contributed by atoms with E-state index < -0.39 is 0 Å². The lowest BCUT2D eigenvalue weighted by molar-refractivity contribution is -0.163. The Morgan fingerprint density at radius 3 is 2.12 bits per heavy atom. The first-order chi connectivity index (χ1) is 7.39. The zero-order valence-corrected chi connectivity index (χ0v) is 11.8. The van der Waals surface area contributed by atoms with Crippen molar-refractivity contribution in [2.45, 2.75) is 73.3 Å². The van der Waals surface area contributed by atoms with Crippen LogP contribution >= 0.6 is 0 Å². The van der Waals surface area contributed by atoms with Gasteiger partial charge in [0.15, 0.2) is 0 Å². The number of hydrogen-bond acceptors (Lipinski definition) is 2. The molecule has 0 aliphatic carbocycles. The number of rotatable bonds is 7. The van der Waals surface area contributed by atoms with E-state index in [1.54, 1.807) is 0 Å². The summed E-state index contributed by atoms with van der Waals surface area (Å²) in [5.41, 5.74) is -0.365. The van der Waals surface area contributed by atoms with Crippen LogP contribution in [0.25, 0.3) is 0 Å². The van der Waals surface area contributed by atoms with Gasteiger partial charge in [-0.15, -0.1) is 0 Å². The molecule has 0 fully saturated rings. The van der Waals surface area contributed by atoms with Crippen molar-refractivity contribution >= 4 is 5.97 Å². The third kappa shape index (κ3) is 4.15. The average Bonchev–Trinajstić information content (AvgIpc) is 2.26. The lowest BCUT2D eigenvalue weighted by Gasteiger charge is -2.30. The SMILES string of the molecule is CCCC(CC)OC(=O)C(C)(C)C(C)CC. The molecule has 0 radical (unpaired) electrons. The number of esters is 1. The number of hydrogen-bond donors (Lipinski definition) is 0. The first kappa shape index (κ1) is 15.5. The Kier molecular flexibility index (Phi) is 6.70. The molecule has 0 amide bonds. The van der Waals surface area contributed by atoms with Crippen LogP contribution in [0.2, 0.25) is 0 Å². The van der Waals surface area contributed by atoms with Gasteiger partial charge in [0.1, 0.15) is 6.10 Å². The Hall–Kier alpha value is -0.530. The van der Waals surface area contributed by atoms with Gasteiger partial charge in [0.25, 0.3) is 0 Å². The van der Waals surface area contributed by atoms with E-state index in [4.69, 9.17) is 4.74 Å². The van der Waals surface area contributed by atoms with E-state index in [0.717, 1.165) is 25.7 Å². The molecule has 0 aliphatic rings. The minimum absolute atomic E-state index is 0.0397. The van der Waals surface area contributed by atoms with Gasteiger partial charge in [-0.1, -0.05) is 40.5 Å². The molecule has 0 saturated heterocycles. The summed E-state index contributed by atoms with van der Waals surface area (Å²) in [6.45, 7) is 12.4. The zero-order chi connectivity index (χ0) is 12.8. The van der Waals surface area contributed by atoms with Gasteiger partial charge < -0.3 is 4.74 Å². The Labute approximate surface area is 101 Å². The summed E-state index contributed by atoms with van der Waals surface area (Å²) in [5, 5.41) is 0. The monoisotopic (exact) mass is 228 g/mol. The largest absolute Gasteiger partial charge is 0.462 e. The van der Waals surface area contributed by atoms with Gasteiger partial charge in [0.2, 0.25) is 0 Å². The highest BCUT2D eigenvalue weighted by Gasteiger charge is 2.35. The fourth-order valence-electron chi connectivity index (χ4n) is 1.68. The highest BCUT2D eigenvalue weighted by atomic mass is 16.5. The molecule has 96 valence electrons. The highest BCUT2D eigenvalue weighted by molar-refractivity contribution is 5.76. The topological polar surface area (TPSA) is 26.3 Å². The van der Waals surface area contributed by atoms with Crippen molar-refractivity contribution in [3.8, 4) is 0 Å². The van der Waals surface area contributed by atoms with Gasteiger partial charge >= 0.3 is 5.97 Å². The molecule has 0 spiro atoms. The van der Waals surface area contributed by atoms with Gasteiger partial charge in [-0.25, -0.2) is 0 Å². The maximum Gasteiger partial charge on any atom is 0.312 e. The van der Waals surface area contributed by atoms with Gasteiger partial charge in [0, 0.05) is 0 Å². The van der Waals surface area contributed by atoms with Crippen LogP contribution in [0.4, 0.5) is 0 Å². The summed E-state index contributed by atoms with van der Waals surface area (Å²) in [6, 6.07) is 0. The minimum atomic E-state index is -0.365. The standard InChI is InChI=1S/C14H28O2/c1-7-10-12(9-3)16-13(15)14(5,6)11(4)8-2/h11-12H,7-10H2,1-6H3. The second-order valence-electron chi connectivity index (χ2n) is 5.26. The van der Waals surface area contributed by atoms with E-state index in [9.17, 15) is 4.79 Å². The van der Waals surface area contributed by atoms with Crippen molar-refractivity contribution < 1.29 is 9.53 Å². The number of ether oxygens (including phenoxy) is 1. The van der Waals surface area contributed by atoms with Gasteiger partial charge in [-0.3, -0.25) is 4.79 Å². The Balaban J connectivity index is 4.42. The molecule has 2 nitrogen and oxygen atoms in total. The molecule has 2 heteroatoms. The van der Waals surface area contributed by atoms with Crippen LogP contribution < -0.4 is 0 Å². The van der Waals surface area contributed by atoms with Crippen molar-refractivity contribution in [3.63, 3.8) is 0 Å². The molecule has 2 atom stereocenters. The maximum absolute atomic E-state index is 12.1. The number of carbonyl (C=O) groups is 1. The van der Waals surface area contributed by atoms with Crippen LogP contribution in [-0.4, -0.2) is 12.1 Å². The van der Waals surface area contributed by atoms with Crippen LogP contribution in [0, 0.1) is 11.3 Å². The normalized spacial score (nSPS) is 15.6. The Bertz CT molecular complexity index is 209. The fourth-order valence-corrected chi connectivity index (χ4v) is 1.68. The summed E-state index contributed by atoms with van der Waals surface area (Å²) >= 11 is 0. The van der Waals surface area contributed by atoms with Crippen molar-refractivity contribution in [2.75, 3.05) is 0 Å². The van der Waals surface area contributed by atoms with Crippen LogP contribution in [-0.2, 0) is 9.53 Å². The molecule has 0 bridgehead atoms. The average molecular weight is 228 g/mol. The van der Waals surface area contributed by atoms with E-state index in [-0.39, 0.29) is 17.5 Å². The fraction of sp³-hybridized carbons (Fsp3) is 0.929. The quantitative estimate of drug-likeness (QED) is 0.611. The molecule has 0 aromatic carbocycles. The van der Waals surface area contributed by atoms with E-state index >= 15 is 0 Å². The molecule has 0 heterocycles. The maximum atomic E-state index is 12.1. The molecule has 0 N–H and O–H groups in total. The lowest BCUT2D eigenvalue weighted by Crippen LogP contribution is -2.35. The highest BCUT2D eigenvalue weighted by Crippen LogP contribution is 2.31. The zero-order valence-electron chi connectivity index (χ0n) is 11.8. The van der Waals surface area contributed by atoms with E-state index in [0.29, 0.717) is 5.92 Å². The third-order valence-corrected chi connectivity index (χ3v) is 3.71. The second-order valence-corrected chi connectivity index (χ2v) is 5.26. The molecule has 0 aromatic rings. The van der Waals surface area contributed by atoms with E-state index in [1.165, 1.54) is 0 Å². The molecule has 0 aromatic heterocycles. The Morgan fingerprint density at radius 2 is 1.75 bits per heavy atom. The Morgan fingerprint density at radius 1 is 1.19 bits per heavy atom. The first-order valence-electron chi connectivity index (χ1n) is 6.61. The van der Waals surface area contributed by atoms with Gasteiger partial charge in [-0.2, -0.15) is 0 Å². The molecular weight excluding hydrogens is 200 g/mol. The summed E-state index contributed by atoms with van der Waals surface area (Å²) < 4.78 is 5.59. The van der Waals surface area contributed by atoms with Gasteiger partial charge in [-0.05, 0) is 32.6 Å². The third-order valence-electron chi connectivity index (χ3n) is 3.71. The van der Waals surface area contributed by atoms with Crippen molar-refractivity contribution in [3.05, 3.63) is 0 Å². The van der Waals surface area contributed by atoms with E-state index in [2.05, 4.69) is 27.7 Å². The molecule has 0 rings (SSSR count). The van der Waals surface area contributed by atoms with Crippen molar-refractivity contribution in [1.82, 2.24) is 0 Å².